The van der Waals surface area contributed by atoms with E-state index >= 15 is 0 Å². The Labute approximate surface area is 108 Å². The summed E-state index contributed by atoms with van der Waals surface area (Å²) in [4.78, 5) is 0. The van der Waals surface area contributed by atoms with Crippen molar-refractivity contribution in [2.45, 2.75) is 6.92 Å². The van der Waals surface area contributed by atoms with E-state index in [1.54, 1.807) is 13.0 Å². The molecule has 19 heavy (non-hydrogen) atoms. The maximum absolute atomic E-state index is 13.7. The number of phenolic OH excluding ortho intramolecular Hbond substituents is 2. The molecule has 0 aliphatic heterocycles. The number of hydrogen-bond donors (Lipinski definition) is 2. The van der Waals surface area contributed by atoms with Gasteiger partial charge in [-0.3, -0.25) is 0 Å². The van der Waals surface area contributed by atoms with Crippen LogP contribution in [0.1, 0.15) is 5.76 Å². The van der Waals surface area contributed by atoms with Crippen LogP contribution in [0, 0.1) is 12.7 Å². The monoisotopic (exact) mass is 258 g/mol. The van der Waals surface area contributed by atoms with E-state index in [-0.39, 0.29) is 17.1 Å². The van der Waals surface area contributed by atoms with Gasteiger partial charge in [0.05, 0.1) is 5.56 Å². The third kappa shape index (κ3) is 1.81. The summed E-state index contributed by atoms with van der Waals surface area (Å²) in [5, 5.41) is 20.3. The largest absolute Gasteiger partial charge is 0.507 e. The van der Waals surface area contributed by atoms with Gasteiger partial charge in [-0.2, -0.15) is 0 Å². The summed E-state index contributed by atoms with van der Waals surface area (Å²) in [6.07, 6.45) is 0. The van der Waals surface area contributed by atoms with Crippen LogP contribution in [0.2, 0.25) is 0 Å². The predicted octanol–water partition coefficient (Wildman–Crippen LogP) is 3.96. The number of halogens is 1. The normalized spacial score (nSPS) is 11.1. The summed E-state index contributed by atoms with van der Waals surface area (Å²) in [6.45, 7) is 1.76. The maximum atomic E-state index is 13.7. The van der Waals surface area contributed by atoms with Crippen molar-refractivity contribution in [1.82, 2.24) is 0 Å². The van der Waals surface area contributed by atoms with Crippen LogP contribution in [0.5, 0.6) is 11.5 Å². The first-order chi connectivity index (χ1) is 9.06. The number of furan rings is 1. The molecule has 0 aliphatic carbocycles. The van der Waals surface area contributed by atoms with Gasteiger partial charge in [-0.15, -0.1) is 0 Å². The molecule has 96 valence electrons. The molecule has 4 heteroatoms. The van der Waals surface area contributed by atoms with Crippen LogP contribution in [-0.4, -0.2) is 10.2 Å². The van der Waals surface area contributed by atoms with E-state index < -0.39 is 5.82 Å². The number of fused-ring (bicyclic) bond motifs is 1. The molecule has 0 amide bonds. The average Bonchev–Trinajstić information content (AvgIpc) is 2.69. The van der Waals surface area contributed by atoms with Gasteiger partial charge in [-0.05, 0) is 37.3 Å². The fraction of sp³-hybridized carbons (Fsp3) is 0.0667. The highest BCUT2D eigenvalue weighted by atomic mass is 19.1. The zero-order valence-electron chi connectivity index (χ0n) is 10.1. The number of rotatable bonds is 1. The molecule has 3 aromatic rings. The van der Waals surface area contributed by atoms with Gasteiger partial charge in [0, 0.05) is 10.9 Å². The summed E-state index contributed by atoms with van der Waals surface area (Å²) < 4.78 is 19.2. The van der Waals surface area contributed by atoms with E-state index in [0.717, 1.165) is 0 Å². The van der Waals surface area contributed by atoms with Gasteiger partial charge in [0.15, 0.2) is 0 Å². The highest BCUT2D eigenvalue weighted by molar-refractivity contribution is 5.96. The Morgan fingerprint density at radius 1 is 1.05 bits per heavy atom. The molecule has 0 saturated heterocycles. The van der Waals surface area contributed by atoms with Gasteiger partial charge in [0.25, 0.3) is 0 Å². The maximum Gasteiger partial charge on any atom is 0.142 e. The lowest BCUT2D eigenvalue weighted by Gasteiger charge is -2.08. The molecule has 3 nitrogen and oxygen atoms in total. The van der Waals surface area contributed by atoms with E-state index in [9.17, 15) is 14.6 Å². The molecular weight excluding hydrogens is 247 g/mol. The van der Waals surface area contributed by atoms with Crippen LogP contribution in [0.15, 0.2) is 40.8 Å². The fourth-order valence-electron chi connectivity index (χ4n) is 2.24. The van der Waals surface area contributed by atoms with Crippen molar-refractivity contribution in [1.29, 1.82) is 0 Å². The molecule has 3 rings (SSSR count). The molecule has 0 radical (unpaired) electrons. The molecule has 2 aromatic carbocycles. The zero-order valence-corrected chi connectivity index (χ0v) is 10.1. The molecule has 0 saturated carbocycles. The van der Waals surface area contributed by atoms with Crippen molar-refractivity contribution in [3.05, 3.63) is 48.0 Å². The lowest BCUT2D eigenvalue weighted by atomic mass is 10.0. The summed E-state index contributed by atoms with van der Waals surface area (Å²) in [5.74, 6) is -0.0652. The lowest BCUT2D eigenvalue weighted by Crippen LogP contribution is -1.84. The van der Waals surface area contributed by atoms with Gasteiger partial charge < -0.3 is 14.6 Å². The van der Waals surface area contributed by atoms with Crippen molar-refractivity contribution in [3.8, 4) is 22.6 Å². The Morgan fingerprint density at radius 3 is 2.42 bits per heavy atom. The second kappa shape index (κ2) is 4.02. The second-order valence-corrected chi connectivity index (χ2v) is 4.40. The minimum atomic E-state index is -0.453. The van der Waals surface area contributed by atoms with Crippen molar-refractivity contribution in [2.75, 3.05) is 0 Å². The third-order valence-corrected chi connectivity index (χ3v) is 2.99. The number of hydrogen-bond acceptors (Lipinski definition) is 3. The average molecular weight is 258 g/mol. The number of phenols is 2. The van der Waals surface area contributed by atoms with E-state index in [1.807, 2.05) is 0 Å². The van der Waals surface area contributed by atoms with Gasteiger partial charge in [-0.25, -0.2) is 4.39 Å². The van der Waals surface area contributed by atoms with Gasteiger partial charge in [0.1, 0.15) is 28.7 Å². The van der Waals surface area contributed by atoms with Crippen molar-refractivity contribution < 1.29 is 19.0 Å². The van der Waals surface area contributed by atoms with Gasteiger partial charge in [-0.1, -0.05) is 6.07 Å². The molecule has 0 bridgehead atoms. The minimum Gasteiger partial charge on any atom is -0.507 e. The second-order valence-electron chi connectivity index (χ2n) is 4.40. The smallest absolute Gasteiger partial charge is 0.142 e. The van der Waals surface area contributed by atoms with Crippen LogP contribution in [0.3, 0.4) is 0 Å². The molecule has 0 fully saturated rings. The Morgan fingerprint density at radius 2 is 1.74 bits per heavy atom. The number of aryl methyl sites for hydroxylation is 1. The Hall–Kier alpha value is -2.49. The number of benzene rings is 2. The molecule has 0 spiro atoms. The van der Waals surface area contributed by atoms with Crippen molar-refractivity contribution in [2.24, 2.45) is 0 Å². The predicted molar refractivity (Wildman–Crippen MR) is 69.7 cm³/mol. The first kappa shape index (κ1) is 11.6. The summed E-state index contributed by atoms with van der Waals surface area (Å²) in [7, 11) is 0. The first-order valence-corrected chi connectivity index (χ1v) is 5.77. The zero-order chi connectivity index (χ0) is 13.6. The molecule has 0 aliphatic rings. The molecule has 2 N–H and O–H groups in total. The summed E-state index contributed by atoms with van der Waals surface area (Å²) in [6, 6.07) is 8.67. The van der Waals surface area contributed by atoms with Crippen LogP contribution in [-0.2, 0) is 0 Å². The fourth-order valence-corrected chi connectivity index (χ4v) is 2.24. The highest BCUT2D eigenvalue weighted by Gasteiger charge is 2.17. The molecule has 1 aromatic heterocycles. The van der Waals surface area contributed by atoms with E-state index in [4.69, 9.17) is 4.42 Å². The topological polar surface area (TPSA) is 53.6 Å². The van der Waals surface area contributed by atoms with Gasteiger partial charge in [0.2, 0.25) is 0 Å². The Balaban J connectivity index is 2.42. The number of aromatic hydroxyl groups is 2. The summed E-state index contributed by atoms with van der Waals surface area (Å²) >= 11 is 0. The van der Waals surface area contributed by atoms with Crippen molar-refractivity contribution in [3.63, 3.8) is 0 Å². The van der Waals surface area contributed by atoms with Crippen LogP contribution in [0.4, 0.5) is 4.39 Å². The molecule has 0 unspecified atom stereocenters. The van der Waals surface area contributed by atoms with Crippen LogP contribution in [0.25, 0.3) is 22.1 Å². The van der Waals surface area contributed by atoms with Crippen LogP contribution >= 0.6 is 0 Å². The Kier molecular flexibility index (Phi) is 2.45. The lowest BCUT2D eigenvalue weighted by molar-refractivity contribution is 0.454. The standard InChI is InChI=1S/C15H11FO3/c1-8-5-9-6-10(16)7-11(15(9)19-8)14-12(17)3-2-4-13(14)18/h2-7,17-18H,1H3. The minimum absolute atomic E-state index is 0.124. The van der Waals surface area contributed by atoms with Gasteiger partial charge >= 0.3 is 0 Å². The van der Waals surface area contributed by atoms with Crippen molar-refractivity contribution >= 4 is 11.0 Å². The Bertz CT molecular complexity index is 754. The third-order valence-electron chi connectivity index (χ3n) is 2.99. The van der Waals surface area contributed by atoms with Crippen LogP contribution < -0.4 is 0 Å². The summed E-state index contributed by atoms with van der Waals surface area (Å²) in [5.41, 5.74) is 0.941. The van der Waals surface area contributed by atoms with E-state index in [2.05, 4.69) is 0 Å². The molecule has 0 atom stereocenters. The molecular formula is C15H11FO3. The molecule has 1 heterocycles. The van der Waals surface area contributed by atoms with E-state index in [1.165, 1.54) is 30.3 Å². The van der Waals surface area contributed by atoms with E-state index in [0.29, 0.717) is 22.3 Å². The quantitative estimate of drug-likeness (QED) is 0.694. The first-order valence-electron chi connectivity index (χ1n) is 5.77. The highest BCUT2D eigenvalue weighted by Crippen LogP contribution is 2.41. The SMILES string of the molecule is Cc1cc2cc(F)cc(-c3c(O)cccc3O)c2o1.